The van der Waals surface area contributed by atoms with Crippen molar-refractivity contribution in [1.29, 1.82) is 0 Å². The van der Waals surface area contributed by atoms with E-state index in [0.29, 0.717) is 32.0 Å². The van der Waals surface area contributed by atoms with Crippen LogP contribution >= 0.6 is 0 Å². The Morgan fingerprint density at radius 1 is 1.13 bits per heavy atom. The summed E-state index contributed by atoms with van der Waals surface area (Å²) < 4.78 is 38.2. The number of aromatic nitrogens is 1. The second kappa shape index (κ2) is 8.86. The first-order valence-electron chi connectivity index (χ1n) is 10.7. The third-order valence-corrected chi connectivity index (χ3v) is 6.33. The Morgan fingerprint density at radius 2 is 1.87 bits per heavy atom. The standard InChI is InChI=1S/C23H27F3N4O/c1-16(22(31)28-20-8-4-6-17-5-2-3-7-19(17)20)29-11-13-30(14-12-29)21-10-9-18(15-27-21)23(24,25)26/h2-3,5,7,9-10,15-16,20H,4,6,8,11-14H2,1H3,(H,28,31)/t16-,20+/m1/s1. The van der Waals surface area contributed by atoms with Crippen LogP contribution in [-0.2, 0) is 17.4 Å². The SMILES string of the molecule is C[C@H](C(=O)N[C@H]1CCCc2ccccc21)N1CCN(c2ccc(C(F)(F)F)cn2)CC1. The van der Waals surface area contributed by atoms with E-state index in [-0.39, 0.29) is 18.0 Å². The van der Waals surface area contributed by atoms with Crippen molar-refractivity contribution < 1.29 is 18.0 Å². The maximum Gasteiger partial charge on any atom is 0.417 e. The van der Waals surface area contributed by atoms with Gasteiger partial charge in [-0.25, -0.2) is 4.98 Å². The Bertz CT molecular complexity index is 908. The Hall–Kier alpha value is -2.61. The van der Waals surface area contributed by atoms with Crippen LogP contribution < -0.4 is 10.2 Å². The van der Waals surface area contributed by atoms with Crippen molar-refractivity contribution in [2.45, 2.75) is 44.4 Å². The van der Waals surface area contributed by atoms with Crippen molar-refractivity contribution in [2.75, 3.05) is 31.1 Å². The predicted molar refractivity (Wildman–Crippen MR) is 113 cm³/mol. The second-order valence-corrected chi connectivity index (χ2v) is 8.25. The molecule has 2 atom stereocenters. The number of hydrogen-bond donors (Lipinski definition) is 1. The van der Waals surface area contributed by atoms with Gasteiger partial charge in [-0.1, -0.05) is 24.3 Å². The summed E-state index contributed by atoms with van der Waals surface area (Å²) in [6.45, 7) is 4.44. The van der Waals surface area contributed by atoms with Gasteiger partial charge in [0.25, 0.3) is 0 Å². The van der Waals surface area contributed by atoms with Gasteiger partial charge in [0.1, 0.15) is 5.82 Å². The summed E-state index contributed by atoms with van der Waals surface area (Å²) in [7, 11) is 0. The zero-order valence-electron chi connectivity index (χ0n) is 17.5. The van der Waals surface area contributed by atoms with Crippen LogP contribution in [0, 0.1) is 0 Å². The van der Waals surface area contributed by atoms with Gasteiger partial charge in [-0.2, -0.15) is 13.2 Å². The number of nitrogens with one attached hydrogen (secondary N) is 1. The molecule has 1 fully saturated rings. The van der Waals surface area contributed by atoms with Crippen molar-refractivity contribution >= 4 is 11.7 Å². The number of rotatable bonds is 4. The van der Waals surface area contributed by atoms with Crippen LogP contribution in [0.15, 0.2) is 42.6 Å². The number of hydrogen-bond acceptors (Lipinski definition) is 4. The van der Waals surface area contributed by atoms with Crippen LogP contribution in [0.3, 0.4) is 0 Å². The van der Waals surface area contributed by atoms with E-state index < -0.39 is 11.7 Å². The number of carbonyl (C=O) groups excluding carboxylic acids is 1. The number of nitrogens with zero attached hydrogens (tertiary/aromatic N) is 3. The fraction of sp³-hybridized carbons (Fsp3) is 0.478. The number of aryl methyl sites for hydroxylation is 1. The molecule has 4 rings (SSSR count). The number of carbonyl (C=O) groups is 1. The van der Waals surface area contributed by atoms with Crippen LogP contribution in [0.5, 0.6) is 0 Å². The van der Waals surface area contributed by atoms with Gasteiger partial charge in [-0.3, -0.25) is 9.69 Å². The average Bonchev–Trinajstić information content (AvgIpc) is 2.78. The number of pyridine rings is 1. The highest BCUT2D eigenvalue weighted by atomic mass is 19.4. The van der Waals surface area contributed by atoms with E-state index in [0.717, 1.165) is 31.5 Å². The van der Waals surface area contributed by atoms with Gasteiger partial charge in [0, 0.05) is 32.4 Å². The van der Waals surface area contributed by atoms with Gasteiger partial charge >= 0.3 is 6.18 Å². The maximum atomic E-state index is 12.9. The highest BCUT2D eigenvalue weighted by molar-refractivity contribution is 5.82. The van der Waals surface area contributed by atoms with Crippen molar-refractivity contribution in [2.24, 2.45) is 0 Å². The van der Waals surface area contributed by atoms with Crippen molar-refractivity contribution in [1.82, 2.24) is 15.2 Å². The normalized spacial score (nSPS) is 20.8. The largest absolute Gasteiger partial charge is 0.417 e. The number of benzene rings is 1. The first-order chi connectivity index (χ1) is 14.8. The van der Waals surface area contributed by atoms with Gasteiger partial charge < -0.3 is 10.2 Å². The van der Waals surface area contributed by atoms with E-state index in [2.05, 4.69) is 27.3 Å². The molecule has 166 valence electrons. The van der Waals surface area contributed by atoms with E-state index in [4.69, 9.17) is 0 Å². The Balaban J connectivity index is 1.32. The molecule has 1 aromatic heterocycles. The molecule has 0 bridgehead atoms. The number of anilines is 1. The zero-order valence-corrected chi connectivity index (χ0v) is 17.5. The Morgan fingerprint density at radius 3 is 2.55 bits per heavy atom. The molecule has 1 aliphatic heterocycles. The van der Waals surface area contributed by atoms with E-state index in [1.165, 1.54) is 17.2 Å². The molecular weight excluding hydrogens is 405 g/mol. The first kappa shape index (κ1) is 21.6. The monoisotopic (exact) mass is 432 g/mol. The molecule has 2 heterocycles. The summed E-state index contributed by atoms with van der Waals surface area (Å²) in [5.41, 5.74) is 1.78. The van der Waals surface area contributed by atoms with Gasteiger partial charge in [0.2, 0.25) is 5.91 Å². The summed E-state index contributed by atoms with van der Waals surface area (Å²) in [5, 5.41) is 3.22. The minimum absolute atomic E-state index is 0.0165. The summed E-state index contributed by atoms with van der Waals surface area (Å²) in [4.78, 5) is 21.0. The molecule has 0 saturated carbocycles. The first-order valence-corrected chi connectivity index (χ1v) is 10.7. The van der Waals surface area contributed by atoms with Crippen LogP contribution in [0.2, 0.25) is 0 Å². The topological polar surface area (TPSA) is 48.5 Å². The lowest BCUT2D eigenvalue weighted by Gasteiger charge is -2.38. The molecule has 1 aliphatic carbocycles. The lowest BCUT2D eigenvalue weighted by atomic mass is 9.87. The second-order valence-electron chi connectivity index (χ2n) is 8.25. The van der Waals surface area contributed by atoms with E-state index in [1.54, 1.807) is 0 Å². The van der Waals surface area contributed by atoms with Crippen molar-refractivity contribution in [3.8, 4) is 0 Å². The number of piperazine rings is 1. The molecule has 1 saturated heterocycles. The molecular formula is C23H27F3N4O. The molecule has 1 N–H and O–H groups in total. The fourth-order valence-electron chi connectivity index (χ4n) is 4.44. The molecule has 31 heavy (non-hydrogen) atoms. The number of fused-ring (bicyclic) bond motifs is 1. The van der Waals surface area contributed by atoms with Gasteiger partial charge in [0.15, 0.2) is 0 Å². The van der Waals surface area contributed by atoms with Crippen LogP contribution in [0.4, 0.5) is 19.0 Å². The van der Waals surface area contributed by atoms with Gasteiger partial charge in [-0.15, -0.1) is 0 Å². The zero-order chi connectivity index (χ0) is 22.0. The summed E-state index contributed by atoms with van der Waals surface area (Å²) in [5.74, 6) is 0.548. The lowest BCUT2D eigenvalue weighted by molar-refractivity contribution is -0.137. The smallest absolute Gasteiger partial charge is 0.354 e. The molecule has 8 heteroatoms. The Kier molecular flexibility index (Phi) is 6.18. The van der Waals surface area contributed by atoms with Gasteiger partial charge in [0.05, 0.1) is 17.6 Å². The van der Waals surface area contributed by atoms with E-state index in [1.807, 2.05) is 24.0 Å². The number of amides is 1. The number of alkyl halides is 3. The maximum absolute atomic E-state index is 12.9. The molecule has 0 spiro atoms. The Labute approximate surface area is 180 Å². The third-order valence-electron chi connectivity index (χ3n) is 6.33. The van der Waals surface area contributed by atoms with Crippen LogP contribution in [-0.4, -0.2) is 48.0 Å². The highest BCUT2D eigenvalue weighted by Crippen LogP contribution is 2.30. The minimum atomic E-state index is -4.38. The summed E-state index contributed by atoms with van der Waals surface area (Å²) in [6.07, 6.45) is -0.443. The molecule has 1 aromatic carbocycles. The number of halogens is 3. The van der Waals surface area contributed by atoms with Crippen LogP contribution in [0.25, 0.3) is 0 Å². The fourth-order valence-corrected chi connectivity index (χ4v) is 4.44. The van der Waals surface area contributed by atoms with E-state index >= 15 is 0 Å². The summed E-state index contributed by atoms with van der Waals surface area (Å²) >= 11 is 0. The van der Waals surface area contributed by atoms with Crippen LogP contribution in [0.1, 0.15) is 42.5 Å². The molecule has 0 unspecified atom stereocenters. The van der Waals surface area contributed by atoms with E-state index in [9.17, 15) is 18.0 Å². The predicted octanol–water partition coefficient (Wildman–Crippen LogP) is 3.80. The molecule has 2 aromatic rings. The van der Waals surface area contributed by atoms with Crippen molar-refractivity contribution in [3.05, 3.63) is 59.3 Å². The molecule has 1 amide bonds. The molecule has 2 aliphatic rings. The highest BCUT2D eigenvalue weighted by Gasteiger charge is 2.32. The third kappa shape index (κ3) is 4.84. The lowest BCUT2D eigenvalue weighted by Crippen LogP contribution is -2.54. The quantitative estimate of drug-likeness (QED) is 0.799. The summed E-state index contributed by atoms with van der Waals surface area (Å²) in [6, 6.07) is 10.5. The van der Waals surface area contributed by atoms with Gasteiger partial charge in [-0.05, 0) is 49.4 Å². The molecule has 5 nitrogen and oxygen atoms in total. The molecule has 0 radical (unpaired) electrons. The van der Waals surface area contributed by atoms with Crippen molar-refractivity contribution in [3.63, 3.8) is 0 Å². The minimum Gasteiger partial charge on any atom is -0.354 e. The average molecular weight is 432 g/mol.